The highest BCUT2D eigenvalue weighted by Gasteiger charge is 2.39. The molecule has 19 heavy (non-hydrogen) atoms. The van der Waals surface area contributed by atoms with Crippen molar-refractivity contribution >= 4 is 23.3 Å². The summed E-state index contributed by atoms with van der Waals surface area (Å²) >= 11 is 0. The Morgan fingerprint density at radius 2 is 2.00 bits per heavy atom. The van der Waals surface area contributed by atoms with Crippen molar-refractivity contribution in [1.82, 2.24) is 0 Å². The number of aromatic carboxylic acids is 1. The molecular weight excluding hydrogens is 244 g/mol. The van der Waals surface area contributed by atoms with E-state index in [0.29, 0.717) is 17.8 Å². The van der Waals surface area contributed by atoms with Crippen LogP contribution in [0.25, 0.3) is 0 Å². The average molecular weight is 260 g/mol. The van der Waals surface area contributed by atoms with Gasteiger partial charge in [0.2, 0.25) is 5.91 Å². The molecule has 1 aliphatic heterocycles. The lowest BCUT2D eigenvalue weighted by atomic mass is 9.92. The van der Waals surface area contributed by atoms with Gasteiger partial charge in [0, 0.05) is 12.0 Å². The van der Waals surface area contributed by atoms with Crippen molar-refractivity contribution in [3.63, 3.8) is 0 Å². The lowest BCUT2D eigenvalue weighted by Crippen LogP contribution is -2.37. The van der Waals surface area contributed by atoms with Crippen LogP contribution in [-0.2, 0) is 4.79 Å². The topological polar surface area (TPSA) is 78.4 Å². The molecule has 100 valence electrons. The molecule has 1 aliphatic carbocycles. The fraction of sp³-hybridized carbons (Fsp3) is 0.429. The Hall–Kier alpha value is -2.04. The van der Waals surface area contributed by atoms with Gasteiger partial charge in [-0.1, -0.05) is 18.9 Å². The summed E-state index contributed by atoms with van der Waals surface area (Å²) in [6.07, 6.45) is 4.37. The molecule has 1 fully saturated rings. The van der Waals surface area contributed by atoms with Crippen LogP contribution in [-0.4, -0.2) is 22.5 Å². The Bertz CT molecular complexity index is 548. The number of para-hydroxylation sites is 1. The van der Waals surface area contributed by atoms with E-state index in [2.05, 4.69) is 10.6 Å². The van der Waals surface area contributed by atoms with Crippen molar-refractivity contribution < 1.29 is 14.7 Å². The molecule has 0 atom stereocenters. The number of fused-ring (bicyclic) bond motifs is 1. The Morgan fingerprint density at radius 3 is 2.68 bits per heavy atom. The minimum atomic E-state index is -0.978. The average Bonchev–Trinajstić information content (AvgIpc) is 2.72. The van der Waals surface area contributed by atoms with Crippen molar-refractivity contribution in [3.8, 4) is 0 Å². The molecular formula is C14H16N2O3. The van der Waals surface area contributed by atoms with Gasteiger partial charge in [0.15, 0.2) is 0 Å². The molecule has 1 amide bonds. The fourth-order valence-electron chi connectivity index (χ4n) is 3.13. The maximum atomic E-state index is 12.0. The van der Waals surface area contributed by atoms with Gasteiger partial charge in [0.25, 0.3) is 0 Å². The van der Waals surface area contributed by atoms with Gasteiger partial charge in [0.05, 0.1) is 16.9 Å². The van der Waals surface area contributed by atoms with Crippen LogP contribution in [0.3, 0.4) is 0 Å². The molecule has 0 bridgehead atoms. The first-order valence-electron chi connectivity index (χ1n) is 6.54. The predicted octanol–water partition coefficient (Wildman–Crippen LogP) is 2.45. The second-order valence-electron chi connectivity index (χ2n) is 5.37. The first kappa shape index (κ1) is 12.0. The van der Waals surface area contributed by atoms with E-state index in [0.717, 1.165) is 25.7 Å². The number of anilines is 2. The zero-order valence-electron chi connectivity index (χ0n) is 10.5. The van der Waals surface area contributed by atoms with Gasteiger partial charge >= 0.3 is 5.97 Å². The van der Waals surface area contributed by atoms with Gasteiger partial charge in [-0.3, -0.25) is 4.79 Å². The number of hydrogen-bond acceptors (Lipinski definition) is 3. The molecule has 3 rings (SSSR count). The number of hydrogen-bond donors (Lipinski definition) is 3. The summed E-state index contributed by atoms with van der Waals surface area (Å²) in [5.41, 5.74) is 1.04. The number of carboxylic acids is 1. The molecule has 2 aliphatic rings. The summed E-state index contributed by atoms with van der Waals surface area (Å²) in [4.78, 5) is 23.3. The first-order valence-corrected chi connectivity index (χ1v) is 6.54. The number of carbonyl (C=O) groups is 2. The third kappa shape index (κ3) is 2.05. The molecule has 1 saturated carbocycles. The van der Waals surface area contributed by atoms with Crippen molar-refractivity contribution in [3.05, 3.63) is 23.8 Å². The number of nitrogens with one attached hydrogen (secondary N) is 2. The second kappa shape index (κ2) is 4.26. The van der Waals surface area contributed by atoms with Crippen molar-refractivity contribution in [2.75, 3.05) is 10.6 Å². The molecule has 0 aromatic heterocycles. The molecule has 1 heterocycles. The van der Waals surface area contributed by atoms with Gasteiger partial charge in [-0.15, -0.1) is 0 Å². The maximum Gasteiger partial charge on any atom is 0.337 e. The van der Waals surface area contributed by atoms with Crippen LogP contribution in [0.15, 0.2) is 18.2 Å². The van der Waals surface area contributed by atoms with Crippen LogP contribution in [0, 0.1) is 0 Å². The summed E-state index contributed by atoms with van der Waals surface area (Å²) in [6, 6.07) is 4.95. The highest BCUT2D eigenvalue weighted by atomic mass is 16.4. The smallest absolute Gasteiger partial charge is 0.337 e. The second-order valence-corrected chi connectivity index (χ2v) is 5.37. The van der Waals surface area contributed by atoms with E-state index in [1.807, 2.05) is 0 Å². The Balaban J connectivity index is 2.10. The SMILES string of the molecule is O=C1CC2(CCCC2)Nc2c(cccc2C(=O)O)N1. The molecule has 5 heteroatoms. The largest absolute Gasteiger partial charge is 0.478 e. The van der Waals surface area contributed by atoms with E-state index in [-0.39, 0.29) is 17.0 Å². The van der Waals surface area contributed by atoms with E-state index in [1.54, 1.807) is 18.2 Å². The van der Waals surface area contributed by atoms with Crippen LogP contribution in [0.4, 0.5) is 11.4 Å². The molecule has 1 aromatic rings. The van der Waals surface area contributed by atoms with E-state index in [9.17, 15) is 14.7 Å². The quantitative estimate of drug-likeness (QED) is 0.724. The molecule has 1 spiro atoms. The molecule has 0 saturated heterocycles. The zero-order valence-corrected chi connectivity index (χ0v) is 10.5. The third-order valence-electron chi connectivity index (χ3n) is 4.02. The summed E-state index contributed by atoms with van der Waals surface area (Å²) in [5.74, 6) is -1.02. The zero-order chi connectivity index (χ0) is 13.5. The van der Waals surface area contributed by atoms with Gasteiger partial charge < -0.3 is 15.7 Å². The van der Waals surface area contributed by atoms with Crippen LogP contribution >= 0.6 is 0 Å². The predicted molar refractivity (Wildman–Crippen MR) is 71.5 cm³/mol. The molecule has 3 N–H and O–H groups in total. The van der Waals surface area contributed by atoms with Crippen LogP contribution in [0.1, 0.15) is 42.5 Å². The van der Waals surface area contributed by atoms with Gasteiger partial charge in [-0.2, -0.15) is 0 Å². The normalized spacial score (nSPS) is 20.3. The van der Waals surface area contributed by atoms with E-state index in [4.69, 9.17) is 0 Å². The summed E-state index contributed by atoms with van der Waals surface area (Å²) in [5, 5.41) is 15.4. The summed E-state index contributed by atoms with van der Waals surface area (Å²) in [7, 11) is 0. The maximum absolute atomic E-state index is 12.0. The summed E-state index contributed by atoms with van der Waals surface area (Å²) in [6.45, 7) is 0. The number of rotatable bonds is 1. The van der Waals surface area contributed by atoms with E-state index in [1.165, 1.54) is 0 Å². The standard InChI is InChI=1S/C14H16N2O3/c17-11-8-14(6-1-2-7-14)16-12-9(13(18)19)4-3-5-10(12)15-11/h3-5,16H,1-2,6-8H2,(H,15,17)(H,18,19). The van der Waals surface area contributed by atoms with E-state index >= 15 is 0 Å². The minimum absolute atomic E-state index is 0.0457. The molecule has 0 unspecified atom stereocenters. The van der Waals surface area contributed by atoms with Gasteiger partial charge in [-0.25, -0.2) is 4.79 Å². The van der Waals surface area contributed by atoms with Crippen LogP contribution in [0.2, 0.25) is 0 Å². The summed E-state index contributed by atoms with van der Waals surface area (Å²) < 4.78 is 0. The lowest BCUT2D eigenvalue weighted by molar-refractivity contribution is -0.117. The monoisotopic (exact) mass is 260 g/mol. The van der Waals surface area contributed by atoms with Crippen molar-refractivity contribution in [2.45, 2.75) is 37.6 Å². The lowest BCUT2D eigenvalue weighted by Gasteiger charge is -2.29. The fourth-order valence-corrected chi connectivity index (χ4v) is 3.13. The van der Waals surface area contributed by atoms with Gasteiger partial charge in [0.1, 0.15) is 0 Å². The van der Waals surface area contributed by atoms with Crippen molar-refractivity contribution in [1.29, 1.82) is 0 Å². The van der Waals surface area contributed by atoms with Crippen molar-refractivity contribution in [2.24, 2.45) is 0 Å². The molecule has 5 nitrogen and oxygen atoms in total. The Morgan fingerprint density at radius 1 is 1.26 bits per heavy atom. The van der Waals surface area contributed by atoms with Crippen LogP contribution in [0.5, 0.6) is 0 Å². The number of amides is 1. The molecule has 1 aromatic carbocycles. The highest BCUT2D eigenvalue weighted by Crippen LogP contribution is 2.41. The van der Waals surface area contributed by atoms with Gasteiger partial charge in [-0.05, 0) is 25.0 Å². The number of benzene rings is 1. The number of carboxylic acid groups (broad SMARTS) is 1. The Labute approximate surface area is 111 Å². The highest BCUT2D eigenvalue weighted by molar-refractivity contribution is 6.04. The minimum Gasteiger partial charge on any atom is -0.478 e. The third-order valence-corrected chi connectivity index (χ3v) is 4.02. The Kier molecular flexibility index (Phi) is 2.69. The first-order chi connectivity index (χ1) is 9.10. The van der Waals surface area contributed by atoms with E-state index < -0.39 is 5.97 Å². The van der Waals surface area contributed by atoms with Crippen LogP contribution < -0.4 is 10.6 Å². The molecule has 0 radical (unpaired) electrons. The number of carbonyl (C=O) groups excluding carboxylic acids is 1.